The van der Waals surface area contributed by atoms with Crippen molar-refractivity contribution in [2.45, 2.75) is 51.0 Å². The molecule has 0 fully saturated rings. The highest BCUT2D eigenvalue weighted by Crippen LogP contribution is 2.22. The normalized spacial score (nSPS) is 19.2. The van der Waals surface area contributed by atoms with Crippen LogP contribution in [0.3, 0.4) is 0 Å². The quantitative estimate of drug-likeness (QED) is 0.630. The highest BCUT2D eigenvalue weighted by Gasteiger charge is 2.13. The van der Waals surface area contributed by atoms with Crippen molar-refractivity contribution in [2.75, 3.05) is 0 Å². The third-order valence-electron chi connectivity index (χ3n) is 2.16. The lowest BCUT2D eigenvalue weighted by molar-refractivity contribution is 0.441. The molecule has 0 heterocycles. The van der Waals surface area contributed by atoms with Gasteiger partial charge < -0.3 is 0 Å². The van der Waals surface area contributed by atoms with Crippen molar-refractivity contribution < 1.29 is 0 Å². The van der Waals surface area contributed by atoms with Crippen LogP contribution in [0.25, 0.3) is 0 Å². The standard InChI is InChI=1S/C10H22S2/c1-7(2)10(12)6-8(3)5-9(4)11/h7-12H,5-6H2,1-4H3. The highest BCUT2D eigenvalue weighted by atomic mass is 32.1. The minimum Gasteiger partial charge on any atom is -0.176 e. The van der Waals surface area contributed by atoms with Crippen LogP contribution in [0.4, 0.5) is 0 Å². The van der Waals surface area contributed by atoms with Gasteiger partial charge in [-0.05, 0) is 29.9 Å². The van der Waals surface area contributed by atoms with E-state index in [1.807, 2.05) is 0 Å². The summed E-state index contributed by atoms with van der Waals surface area (Å²) in [5.74, 6) is 1.44. The Bertz CT molecular complexity index is 110. The van der Waals surface area contributed by atoms with Gasteiger partial charge in [0, 0.05) is 5.25 Å². The van der Waals surface area contributed by atoms with Crippen molar-refractivity contribution in [1.82, 2.24) is 0 Å². The molecule has 0 aliphatic heterocycles. The molecule has 0 aromatic rings. The Hall–Kier alpha value is 0.700. The SMILES string of the molecule is CC(S)CC(C)CC(S)C(C)C. The van der Waals surface area contributed by atoms with E-state index in [2.05, 4.69) is 53.0 Å². The predicted octanol–water partition coefficient (Wildman–Crippen LogP) is 3.68. The molecule has 12 heavy (non-hydrogen) atoms. The molecule has 0 nitrogen and oxygen atoms in total. The molecular formula is C10H22S2. The van der Waals surface area contributed by atoms with E-state index in [4.69, 9.17) is 0 Å². The van der Waals surface area contributed by atoms with E-state index < -0.39 is 0 Å². The smallest absolute Gasteiger partial charge is 0.00423 e. The molecule has 0 spiro atoms. The van der Waals surface area contributed by atoms with Gasteiger partial charge in [0.05, 0.1) is 0 Å². The lowest BCUT2D eigenvalue weighted by Crippen LogP contribution is -2.14. The second-order valence-corrected chi connectivity index (χ2v) is 5.78. The van der Waals surface area contributed by atoms with Crippen molar-refractivity contribution in [2.24, 2.45) is 11.8 Å². The van der Waals surface area contributed by atoms with Crippen LogP contribution in [0.5, 0.6) is 0 Å². The summed E-state index contributed by atoms with van der Waals surface area (Å²) in [6.07, 6.45) is 2.42. The van der Waals surface area contributed by atoms with Crippen LogP contribution in [0.1, 0.15) is 40.5 Å². The van der Waals surface area contributed by atoms with Crippen molar-refractivity contribution in [3.63, 3.8) is 0 Å². The number of hydrogen-bond acceptors (Lipinski definition) is 2. The Morgan fingerprint density at radius 3 is 1.75 bits per heavy atom. The lowest BCUT2D eigenvalue weighted by atomic mass is 9.95. The molecule has 0 rings (SSSR count). The maximum absolute atomic E-state index is 4.56. The molecule has 0 aromatic carbocycles. The van der Waals surface area contributed by atoms with Gasteiger partial charge in [-0.15, -0.1) is 0 Å². The van der Waals surface area contributed by atoms with Crippen molar-refractivity contribution in [1.29, 1.82) is 0 Å². The zero-order chi connectivity index (χ0) is 9.72. The van der Waals surface area contributed by atoms with Gasteiger partial charge in [0.15, 0.2) is 0 Å². The summed E-state index contributed by atoms with van der Waals surface area (Å²) in [5.41, 5.74) is 0. The van der Waals surface area contributed by atoms with Crippen LogP contribution in [0.2, 0.25) is 0 Å². The Kier molecular flexibility index (Phi) is 6.56. The molecule has 0 radical (unpaired) electrons. The molecule has 0 aromatic heterocycles. The molecule has 3 unspecified atom stereocenters. The summed E-state index contributed by atoms with van der Waals surface area (Å²) >= 11 is 8.95. The van der Waals surface area contributed by atoms with Crippen LogP contribution < -0.4 is 0 Å². The zero-order valence-corrected chi connectivity index (χ0v) is 10.4. The van der Waals surface area contributed by atoms with E-state index >= 15 is 0 Å². The van der Waals surface area contributed by atoms with Crippen molar-refractivity contribution >= 4 is 25.3 Å². The Morgan fingerprint density at radius 1 is 0.917 bits per heavy atom. The molecular weight excluding hydrogens is 184 g/mol. The average Bonchev–Trinajstić information content (AvgIpc) is 1.84. The third kappa shape index (κ3) is 6.24. The van der Waals surface area contributed by atoms with Gasteiger partial charge in [-0.1, -0.05) is 27.7 Å². The first-order chi connectivity index (χ1) is 5.43. The van der Waals surface area contributed by atoms with Crippen LogP contribution >= 0.6 is 25.3 Å². The Balaban J connectivity index is 3.61. The Morgan fingerprint density at radius 2 is 1.42 bits per heavy atom. The number of hydrogen-bond donors (Lipinski definition) is 2. The van der Waals surface area contributed by atoms with Crippen LogP contribution in [0.15, 0.2) is 0 Å². The van der Waals surface area contributed by atoms with E-state index in [-0.39, 0.29) is 0 Å². The van der Waals surface area contributed by atoms with Gasteiger partial charge in [0.25, 0.3) is 0 Å². The maximum Gasteiger partial charge on any atom is 0.00423 e. The summed E-state index contributed by atoms with van der Waals surface area (Å²) in [4.78, 5) is 0. The predicted molar refractivity (Wildman–Crippen MR) is 64.5 cm³/mol. The zero-order valence-electron chi connectivity index (χ0n) is 8.62. The first-order valence-electron chi connectivity index (χ1n) is 4.79. The molecule has 0 aliphatic carbocycles. The van der Waals surface area contributed by atoms with Gasteiger partial charge in [-0.25, -0.2) is 0 Å². The molecule has 0 aliphatic rings. The van der Waals surface area contributed by atoms with E-state index in [1.54, 1.807) is 0 Å². The number of rotatable bonds is 5. The molecule has 74 valence electrons. The molecule has 2 heteroatoms. The summed E-state index contributed by atoms with van der Waals surface area (Å²) in [6, 6.07) is 0. The second kappa shape index (κ2) is 6.20. The minimum absolute atomic E-state index is 0.521. The molecule has 0 N–H and O–H groups in total. The van der Waals surface area contributed by atoms with E-state index in [0.29, 0.717) is 16.4 Å². The maximum atomic E-state index is 4.56. The van der Waals surface area contributed by atoms with Gasteiger partial charge in [0.2, 0.25) is 0 Å². The summed E-state index contributed by atoms with van der Waals surface area (Å²) in [7, 11) is 0. The van der Waals surface area contributed by atoms with Gasteiger partial charge in [-0.3, -0.25) is 0 Å². The summed E-state index contributed by atoms with van der Waals surface area (Å²) < 4.78 is 0. The molecule has 3 atom stereocenters. The highest BCUT2D eigenvalue weighted by molar-refractivity contribution is 7.81. The fourth-order valence-electron chi connectivity index (χ4n) is 1.36. The largest absolute Gasteiger partial charge is 0.176 e. The first-order valence-corrected chi connectivity index (χ1v) is 5.82. The monoisotopic (exact) mass is 206 g/mol. The lowest BCUT2D eigenvalue weighted by Gasteiger charge is -2.20. The molecule has 0 saturated heterocycles. The Labute approximate surface area is 88.3 Å². The molecule has 0 bridgehead atoms. The van der Waals surface area contributed by atoms with Crippen molar-refractivity contribution in [3.05, 3.63) is 0 Å². The second-order valence-electron chi connectivity index (χ2n) is 4.24. The average molecular weight is 206 g/mol. The van der Waals surface area contributed by atoms with E-state index in [9.17, 15) is 0 Å². The van der Waals surface area contributed by atoms with E-state index in [1.165, 1.54) is 12.8 Å². The minimum atomic E-state index is 0.521. The summed E-state index contributed by atoms with van der Waals surface area (Å²) in [6.45, 7) is 8.91. The topological polar surface area (TPSA) is 0 Å². The van der Waals surface area contributed by atoms with Gasteiger partial charge in [0.1, 0.15) is 0 Å². The van der Waals surface area contributed by atoms with Crippen molar-refractivity contribution in [3.8, 4) is 0 Å². The third-order valence-corrected chi connectivity index (χ3v) is 3.17. The van der Waals surface area contributed by atoms with Crippen LogP contribution in [-0.4, -0.2) is 10.5 Å². The first kappa shape index (κ1) is 12.7. The fraction of sp³-hybridized carbons (Fsp3) is 1.00. The van der Waals surface area contributed by atoms with Gasteiger partial charge >= 0.3 is 0 Å². The number of thiol groups is 2. The van der Waals surface area contributed by atoms with E-state index in [0.717, 1.165) is 5.92 Å². The van der Waals surface area contributed by atoms with Crippen LogP contribution in [-0.2, 0) is 0 Å². The molecule has 0 amide bonds. The van der Waals surface area contributed by atoms with Gasteiger partial charge in [-0.2, -0.15) is 25.3 Å². The fourth-order valence-corrected chi connectivity index (χ4v) is 2.08. The summed E-state index contributed by atoms with van der Waals surface area (Å²) in [5, 5.41) is 1.07. The molecule has 0 saturated carbocycles. The van der Waals surface area contributed by atoms with Crippen LogP contribution in [0, 0.1) is 11.8 Å².